The van der Waals surface area contributed by atoms with Gasteiger partial charge in [0.25, 0.3) is 0 Å². The third-order valence-electron chi connectivity index (χ3n) is 4.98. The van der Waals surface area contributed by atoms with Gasteiger partial charge in [-0.15, -0.1) is 0 Å². The largest absolute Gasteiger partial charge is 0.493 e. The zero-order valence-corrected chi connectivity index (χ0v) is 16.4. The molecule has 2 N–H and O–H groups in total. The Morgan fingerprint density at radius 3 is 2.62 bits per heavy atom. The molecule has 10 nitrogen and oxygen atoms in total. The predicted molar refractivity (Wildman–Crippen MR) is 104 cm³/mol. The molecule has 4 rings (SSSR count). The van der Waals surface area contributed by atoms with E-state index in [0.29, 0.717) is 35.3 Å². The Morgan fingerprint density at radius 2 is 1.93 bits per heavy atom. The van der Waals surface area contributed by atoms with Crippen LogP contribution in [-0.2, 0) is 17.8 Å². The molecule has 152 valence electrons. The molecule has 1 aliphatic rings. The van der Waals surface area contributed by atoms with Gasteiger partial charge in [-0.2, -0.15) is 10.2 Å². The van der Waals surface area contributed by atoms with Gasteiger partial charge >= 0.3 is 0 Å². The number of anilines is 1. The summed E-state index contributed by atoms with van der Waals surface area (Å²) in [5.41, 5.74) is 1.50. The summed E-state index contributed by atoms with van der Waals surface area (Å²) >= 11 is 0. The normalized spacial score (nSPS) is 15.5. The van der Waals surface area contributed by atoms with Crippen LogP contribution in [-0.4, -0.2) is 52.2 Å². The molecular formula is C19H22N6O4. The minimum absolute atomic E-state index is 0.0888. The van der Waals surface area contributed by atoms with Crippen LogP contribution >= 0.6 is 0 Å². The summed E-state index contributed by atoms with van der Waals surface area (Å²) in [6.45, 7) is 0.519. The molecule has 1 aliphatic heterocycles. The maximum atomic E-state index is 12.6. The zero-order valence-electron chi connectivity index (χ0n) is 16.4. The summed E-state index contributed by atoms with van der Waals surface area (Å²) in [7, 11) is 4.67. The number of methoxy groups -OCH3 is 3. The van der Waals surface area contributed by atoms with Crippen LogP contribution in [0.2, 0.25) is 0 Å². The number of nitrogens with one attached hydrogen (secondary N) is 2. The van der Waals surface area contributed by atoms with Crippen molar-refractivity contribution in [3.63, 3.8) is 0 Å². The molecule has 0 bridgehead atoms. The van der Waals surface area contributed by atoms with Crippen molar-refractivity contribution < 1.29 is 19.0 Å². The molecule has 0 aliphatic carbocycles. The van der Waals surface area contributed by atoms with Crippen LogP contribution in [0, 0.1) is 5.92 Å². The minimum Gasteiger partial charge on any atom is -0.493 e. The van der Waals surface area contributed by atoms with Crippen molar-refractivity contribution in [1.29, 1.82) is 0 Å². The van der Waals surface area contributed by atoms with E-state index in [1.807, 2.05) is 12.1 Å². The van der Waals surface area contributed by atoms with Gasteiger partial charge in [0, 0.05) is 18.1 Å². The van der Waals surface area contributed by atoms with Gasteiger partial charge in [-0.1, -0.05) is 0 Å². The highest BCUT2D eigenvalue weighted by molar-refractivity contribution is 5.92. The number of carbonyl (C=O) groups is 1. The molecule has 0 radical (unpaired) electrons. The molecule has 0 saturated carbocycles. The Morgan fingerprint density at radius 1 is 1.17 bits per heavy atom. The van der Waals surface area contributed by atoms with Crippen molar-refractivity contribution in [1.82, 2.24) is 25.0 Å². The smallest absolute Gasteiger partial charge is 0.230 e. The number of amides is 1. The van der Waals surface area contributed by atoms with Crippen LogP contribution in [0.1, 0.15) is 12.2 Å². The second-order valence-electron chi connectivity index (χ2n) is 6.66. The quantitative estimate of drug-likeness (QED) is 0.651. The predicted octanol–water partition coefficient (Wildman–Crippen LogP) is 1.90. The van der Waals surface area contributed by atoms with E-state index in [-0.39, 0.29) is 11.8 Å². The second kappa shape index (κ2) is 7.82. The van der Waals surface area contributed by atoms with E-state index in [1.54, 1.807) is 32.1 Å². The van der Waals surface area contributed by atoms with E-state index in [2.05, 4.69) is 25.6 Å². The standard InChI is InChI=1S/C19H22N6O4/c1-27-14-6-12(7-15(28-2)18(14)29-3)13-8-16(24-23-13)22-19(26)11-4-5-17-20-10-21-25(17)9-11/h6-8,10-11H,4-5,9H2,1-3H3,(H2,22,23,24,26). The molecule has 1 amide bonds. The van der Waals surface area contributed by atoms with Gasteiger partial charge in [-0.05, 0) is 18.6 Å². The highest BCUT2D eigenvalue weighted by atomic mass is 16.5. The van der Waals surface area contributed by atoms with E-state index >= 15 is 0 Å². The van der Waals surface area contributed by atoms with Crippen LogP contribution in [0.4, 0.5) is 5.82 Å². The van der Waals surface area contributed by atoms with Gasteiger partial charge in [0.05, 0.1) is 39.5 Å². The van der Waals surface area contributed by atoms with Gasteiger partial charge in [0.2, 0.25) is 11.7 Å². The van der Waals surface area contributed by atoms with Crippen LogP contribution in [0.5, 0.6) is 17.2 Å². The van der Waals surface area contributed by atoms with Gasteiger partial charge < -0.3 is 19.5 Å². The number of carbonyl (C=O) groups excluding carboxylic acids is 1. The average molecular weight is 398 g/mol. The number of ether oxygens (including phenoxy) is 3. The van der Waals surface area contributed by atoms with E-state index < -0.39 is 0 Å². The lowest BCUT2D eigenvalue weighted by Crippen LogP contribution is -2.31. The molecule has 1 unspecified atom stereocenters. The van der Waals surface area contributed by atoms with Crippen LogP contribution in [0.3, 0.4) is 0 Å². The fourth-order valence-corrected chi connectivity index (χ4v) is 3.45. The third kappa shape index (κ3) is 3.60. The number of aromatic amines is 1. The van der Waals surface area contributed by atoms with E-state index in [1.165, 1.54) is 6.33 Å². The molecule has 1 atom stereocenters. The van der Waals surface area contributed by atoms with Crippen molar-refractivity contribution in [2.75, 3.05) is 26.6 Å². The molecule has 3 heterocycles. The Hall–Kier alpha value is -3.56. The number of fused-ring (bicyclic) bond motifs is 1. The topological polar surface area (TPSA) is 116 Å². The molecule has 10 heteroatoms. The van der Waals surface area contributed by atoms with E-state index in [0.717, 1.165) is 24.2 Å². The Kier molecular flexibility index (Phi) is 5.07. The summed E-state index contributed by atoms with van der Waals surface area (Å²) in [5.74, 6) is 2.68. The maximum Gasteiger partial charge on any atom is 0.230 e. The molecule has 0 saturated heterocycles. The second-order valence-corrected chi connectivity index (χ2v) is 6.66. The number of H-pyrrole nitrogens is 1. The first kappa shape index (κ1) is 18.8. The van der Waals surface area contributed by atoms with Crippen LogP contribution in [0.25, 0.3) is 11.3 Å². The number of benzene rings is 1. The Bertz CT molecular complexity index is 1000. The van der Waals surface area contributed by atoms with Gasteiger partial charge in [-0.3, -0.25) is 9.89 Å². The summed E-state index contributed by atoms with van der Waals surface area (Å²) in [6, 6.07) is 5.39. The third-order valence-corrected chi connectivity index (χ3v) is 4.98. The van der Waals surface area contributed by atoms with Crippen molar-refractivity contribution in [3.05, 3.63) is 30.4 Å². The summed E-state index contributed by atoms with van der Waals surface area (Å²) in [6.07, 6.45) is 2.98. The number of nitrogens with zero attached hydrogens (tertiary/aromatic N) is 4. The maximum absolute atomic E-state index is 12.6. The number of hydrogen-bond donors (Lipinski definition) is 2. The summed E-state index contributed by atoms with van der Waals surface area (Å²) < 4.78 is 17.9. The lowest BCUT2D eigenvalue weighted by Gasteiger charge is -2.21. The first-order chi connectivity index (χ1) is 14.1. The van der Waals surface area contributed by atoms with Crippen molar-refractivity contribution in [2.24, 2.45) is 5.92 Å². The monoisotopic (exact) mass is 398 g/mol. The minimum atomic E-state index is -0.175. The highest BCUT2D eigenvalue weighted by Gasteiger charge is 2.26. The lowest BCUT2D eigenvalue weighted by molar-refractivity contribution is -0.120. The fourth-order valence-electron chi connectivity index (χ4n) is 3.45. The molecule has 1 aromatic carbocycles. The molecule has 29 heavy (non-hydrogen) atoms. The number of hydrogen-bond acceptors (Lipinski definition) is 7. The van der Waals surface area contributed by atoms with Gasteiger partial charge in [0.15, 0.2) is 17.3 Å². The molecular weight excluding hydrogens is 376 g/mol. The number of aryl methyl sites for hydroxylation is 1. The summed E-state index contributed by atoms with van der Waals surface area (Å²) in [5, 5.41) is 14.2. The fraction of sp³-hybridized carbons (Fsp3) is 0.368. The average Bonchev–Trinajstić information content (AvgIpc) is 3.41. The molecule has 0 fully saturated rings. The molecule has 2 aromatic heterocycles. The van der Waals surface area contributed by atoms with Crippen LogP contribution in [0.15, 0.2) is 24.5 Å². The number of rotatable bonds is 6. The SMILES string of the molecule is COc1cc(-c2cc(NC(=O)C3CCc4ncnn4C3)n[nH]2)cc(OC)c1OC. The molecule has 3 aromatic rings. The Balaban J connectivity index is 1.51. The first-order valence-electron chi connectivity index (χ1n) is 9.16. The van der Waals surface area contributed by atoms with Crippen molar-refractivity contribution in [2.45, 2.75) is 19.4 Å². The lowest BCUT2D eigenvalue weighted by atomic mass is 9.99. The summed E-state index contributed by atoms with van der Waals surface area (Å²) in [4.78, 5) is 16.8. The Labute approximate surface area is 167 Å². The van der Waals surface area contributed by atoms with E-state index in [9.17, 15) is 4.79 Å². The van der Waals surface area contributed by atoms with Crippen molar-refractivity contribution in [3.8, 4) is 28.5 Å². The van der Waals surface area contributed by atoms with Crippen LogP contribution < -0.4 is 19.5 Å². The zero-order chi connectivity index (χ0) is 20.4. The number of aromatic nitrogens is 5. The van der Waals surface area contributed by atoms with Crippen molar-refractivity contribution >= 4 is 11.7 Å². The first-order valence-corrected chi connectivity index (χ1v) is 9.16. The highest BCUT2D eigenvalue weighted by Crippen LogP contribution is 2.41. The molecule has 0 spiro atoms. The van der Waals surface area contributed by atoms with Gasteiger partial charge in [0.1, 0.15) is 12.2 Å². The van der Waals surface area contributed by atoms with Gasteiger partial charge in [-0.25, -0.2) is 9.67 Å². The van der Waals surface area contributed by atoms with E-state index in [4.69, 9.17) is 14.2 Å².